The van der Waals surface area contributed by atoms with E-state index in [2.05, 4.69) is 0 Å². The zero-order valence-corrected chi connectivity index (χ0v) is 8.59. The van der Waals surface area contributed by atoms with Gasteiger partial charge < -0.3 is 0 Å². The summed E-state index contributed by atoms with van der Waals surface area (Å²) in [7, 11) is 0. The van der Waals surface area contributed by atoms with Crippen LogP contribution in [0.4, 0.5) is 14.9 Å². The lowest BCUT2D eigenvalue weighted by Crippen LogP contribution is -2.26. The van der Waals surface area contributed by atoms with Crippen LogP contribution in [0, 0.1) is 5.82 Å². The van der Waals surface area contributed by atoms with Crippen LogP contribution in [0.5, 0.6) is 0 Å². The second-order valence-electron chi connectivity index (χ2n) is 2.88. The number of hydrogen-bond acceptors (Lipinski definition) is 1. The number of halogens is 2. The van der Waals surface area contributed by atoms with E-state index in [0.29, 0.717) is 12.2 Å². The third kappa shape index (κ3) is 2.70. The second-order valence-corrected chi connectivity index (χ2v) is 3.20. The standard InChI is InChI=1S/C10H11ClFNO/c1-2-7-13(10(11)14)9-5-3-8(12)4-6-9/h3-6H,2,7H2,1H3. The van der Waals surface area contributed by atoms with Crippen LogP contribution in [-0.2, 0) is 0 Å². The lowest BCUT2D eigenvalue weighted by molar-refractivity contribution is 0.264. The van der Waals surface area contributed by atoms with Crippen LogP contribution in [0.15, 0.2) is 24.3 Å². The molecule has 0 unspecified atom stereocenters. The quantitative estimate of drug-likeness (QED) is 0.559. The highest BCUT2D eigenvalue weighted by Crippen LogP contribution is 2.16. The van der Waals surface area contributed by atoms with Gasteiger partial charge in [-0.3, -0.25) is 9.69 Å². The van der Waals surface area contributed by atoms with Crippen LogP contribution in [0.3, 0.4) is 0 Å². The van der Waals surface area contributed by atoms with Crippen molar-refractivity contribution in [3.63, 3.8) is 0 Å². The van der Waals surface area contributed by atoms with Crippen LogP contribution >= 0.6 is 11.6 Å². The van der Waals surface area contributed by atoms with Gasteiger partial charge in [0.25, 0.3) is 0 Å². The number of hydrogen-bond donors (Lipinski definition) is 0. The highest BCUT2D eigenvalue weighted by Gasteiger charge is 2.11. The molecule has 14 heavy (non-hydrogen) atoms. The topological polar surface area (TPSA) is 20.3 Å². The highest BCUT2D eigenvalue weighted by molar-refractivity contribution is 6.66. The van der Waals surface area contributed by atoms with Crippen molar-refractivity contribution < 1.29 is 9.18 Å². The van der Waals surface area contributed by atoms with Gasteiger partial charge in [0, 0.05) is 12.2 Å². The molecule has 0 aliphatic carbocycles. The first kappa shape index (κ1) is 11.0. The maximum absolute atomic E-state index is 12.6. The van der Waals surface area contributed by atoms with Gasteiger partial charge in [0.1, 0.15) is 5.82 Å². The SMILES string of the molecule is CCCN(C(=O)Cl)c1ccc(F)cc1. The molecule has 76 valence electrons. The summed E-state index contributed by atoms with van der Waals surface area (Å²) in [6.45, 7) is 2.48. The summed E-state index contributed by atoms with van der Waals surface area (Å²) in [5.74, 6) is -0.327. The number of carbonyl (C=O) groups excluding carboxylic acids is 1. The van der Waals surface area contributed by atoms with Crippen molar-refractivity contribution in [2.45, 2.75) is 13.3 Å². The van der Waals surface area contributed by atoms with Crippen molar-refractivity contribution in [1.82, 2.24) is 0 Å². The molecule has 2 nitrogen and oxygen atoms in total. The average molecular weight is 216 g/mol. The van der Waals surface area contributed by atoms with Crippen LogP contribution < -0.4 is 4.90 Å². The van der Waals surface area contributed by atoms with Crippen molar-refractivity contribution in [1.29, 1.82) is 0 Å². The van der Waals surface area contributed by atoms with E-state index in [1.165, 1.54) is 29.2 Å². The fourth-order valence-corrected chi connectivity index (χ4v) is 1.35. The molecule has 0 heterocycles. The third-order valence-corrected chi connectivity index (χ3v) is 2.00. The highest BCUT2D eigenvalue weighted by atomic mass is 35.5. The summed E-state index contributed by atoms with van der Waals surface area (Å²) in [6, 6.07) is 5.67. The first-order chi connectivity index (χ1) is 6.65. The van der Waals surface area contributed by atoms with Gasteiger partial charge in [-0.2, -0.15) is 0 Å². The van der Waals surface area contributed by atoms with Crippen molar-refractivity contribution >= 4 is 22.7 Å². The number of nitrogens with zero attached hydrogens (tertiary/aromatic N) is 1. The fourth-order valence-electron chi connectivity index (χ4n) is 1.16. The lowest BCUT2D eigenvalue weighted by atomic mass is 10.3. The Kier molecular flexibility index (Phi) is 3.89. The van der Waals surface area contributed by atoms with Gasteiger partial charge >= 0.3 is 5.37 Å². The Morgan fingerprint density at radius 2 is 2.00 bits per heavy atom. The van der Waals surface area contributed by atoms with Gasteiger partial charge in [0.2, 0.25) is 0 Å². The minimum Gasteiger partial charge on any atom is -0.299 e. The zero-order chi connectivity index (χ0) is 10.6. The zero-order valence-electron chi connectivity index (χ0n) is 7.84. The van der Waals surface area contributed by atoms with Crippen molar-refractivity contribution in [3.8, 4) is 0 Å². The van der Waals surface area contributed by atoms with E-state index < -0.39 is 5.37 Å². The van der Waals surface area contributed by atoms with Crippen LogP contribution in [-0.4, -0.2) is 11.9 Å². The Labute approximate surface area is 87.3 Å². The number of anilines is 1. The smallest absolute Gasteiger partial charge is 0.299 e. The number of rotatable bonds is 3. The van der Waals surface area contributed by atoms with Crippen molar-refractivity contribution in [2.75, 3.05) is 11.4 Å². The Bertz CT molecular complexity index is 312. The van der Waals surface area contributed by atoms with Gasteiger partial charge in [-0.15, -0.1) is 0 Å². The predicted molar refractivity (Wildman–Crippen MR) is 55.3 cm³/mol. The maximum Gasteiger partial charge on any atom is 0.320 e. The Morgan fingerprint density at radius 1 is 1.43 bits per heavy atom. The average Bonchev–Trinajstić information content (AvgIpc) is 2.15. The van der Waals surface area contributed by atoms with E-state index >= 15 is 0 Å². The monoisotopic (exact) mass is 215 g/mol. The lowest BCUT2D eigenvalue weighted by Gasteiger charge is -2.18. The van der Waals surface area contributed by atoms with E-state index in [1.807, 2.05) is 6.92 Å². The molecule has 0 saturated heterocycles. The van der Waals surface area contributed by atoms with Gasteiger partial charge in [-0.25, -0.2) is 4.39 Å². The van der Waals surface area contributed by atoms with Crippen LogP contribution in [0.25, 0.3) is 0 Å². The van der Waals surface area contributed by atoms with E-state index in [0.717, 1.165) is 6.42 Å². The molecule has 1 amide bonds. The number of amides is 1. The minimum absolute atomic E-state index is 0.327. The van der Waals surface area contributed by atoms with Crippen LogP contribution in [0.2, 0.25) is 0 Å². The van der Waals surface area contributed by atoms with Gasteiger partial charge in [-0.1, -0.05) is 6.92 Å². The summed E-state index contributed by atoms with van der Waals surface area (Å²) in [6.07, 6.45) is 0.801. The van der Waals surface area contributed by atoms with Crippen molar-refractivity contribution in [3.05, 3.63) is 30.1 Å². The minimum atomic E-state index is -0.543. The second kappa shape index (κ2) is 4.96. The molecule has 0 aliphatic rings. The molecule has 1 aromatic rings. The molecule has 0 bridgehead atoms. The Balaban J connectivity index is 2.87. The number of carbonyl (C=O) groups is 1. The normalized spacial score (nSPS) is 9.93. The molecule has 0 N–H and O–H groups in total. The van der Waals surface area contributed by atoms with E-state index in [1.54, 1.807) is 0 Å². The largest absolute Gasteiger partial charge is 0.320 e. The molecule has 0 aromatic heterocycles. The number of benzene rings is 1. The molecule has 0 saturated carbocycles. The molecule has 0 aliphatic heterocycles. The molecule has 1 aromatic carbocycles. The maximum atomic E-state index is 12.6. The summed E-state index contributed by atoms with van der Waals surface area (Å²) < 4.78 is 12.6. The molecule has 4 heteroatoms. The van der Waals surface area contributed by atoms with Crippen LogP contribution in [0.1, 0.15) is 13.3 Å². The molecule has 0 radical (unpaired) electrons. The molecule has 0 spiro atoms. The molecule has 0 atom stereocenters. The summed E-state index contributed by atoms with van der Waals surface area (Å²) in [5, 5.41) is -0.543. The predicted octanol–water partition coefficient (Wildman–Crippen LogP) is 3.40. The summed E-state index contributed by atoms with van der Waals surface area (Å²) >= 11 is 5.39. The van der Waals surface area contributed by atoms with Gasteiger partial charge in [-0.05, 0) is 42.3 Å². The van der Waals surface area contributed by atoms with E-state index in [-0.39, 0.29) is 5.82 Å². The fraction of sp³-hybridized carbons (Fsp3) is 0.300. The first-order valence-electron chi connectivity index (χ1n) is 4.37. The van der Waals surface area contributed by atoms with Crippen molar-refractivity contribution in [2.24, 2.45) is 0 Å². The molecule has 0 fully saturated rings. The Hall–Kier alpha value is -1.09. The molecule has 1 rings (SSSR count). The van der Waals surface area contributed by atoms with Gasteiger partial charge in [0.15, 0.2) is 0 Å². The molecular weight excluding hydrogens is 205 g/mol. The van der Waals surface area contributed by atoms with Gasteiger partial charge in [0.05, 0.1) is 0 Å². The third-order valence-electron chi connectivity index (χ3n) is 1.80. The Morgan fingerprint density at radius 3 is 2.43 bits per heavy atom. The van der Waals surface area contributed by atoms with E-state index in [9.17, 15) is 9.18 Å². The van der Waals surface area contributed by atoms with E-state index in [4.69, 9.17) is 11.6 Å². The summed E-state index contributed by atoms with van der Waals surface area (Å²) in [4.78, 5) is 12.4. The summed E-state index contributed by atoms with van der Waals surface area (Å²) in [5.41, 5.74) is 0.619. The first-order valence-corrected chi connectivity index (χ1v) is 4.75. The molecular formula is C10H11ClFNO.